The van der Waals surface area contributed by atoms with Crippen LogP contribution >= 0.6 is 0 Å². The van der Waals surface area contributed by atoms with E-state index in [2.05, 4.69) is 15.5 Å². The highest BCUT2D eigenvalue weighted by molar-refractivity contribution is 5.73. The molecule has 2 aliphatic rings. The zero-order valence-corrected chi connectivity index (χ0v) is 9.46. The molecule has 0 aromatic carbocycles. The zero-order valence-electron chi connectivity index (χ0n) is 9.46. The topological polar surface area (TPSA) is 44.4 Å². The molecular formula is C11H21N3O. The summed E-state index contributed by atoms with van der Waals surface area (Å²) in [7, 11) is 0. The van der Waals surface area contributed by atoms with E-state index in [0.29, 0.717) is 12.5 Å². The first-order valence-corrected chi connectivity index (χ1v) is 6.05. The smallest absolute Gasteiger partial charge is 0.314 e. The fraction of sp³-hybridized carbons (Fsp3) is 0.909. The average molecular weight is 211 g/mol. The minimum atomic E-state index is -0.0256. The van der Waals surface area contributed by atoms with Gasteiger partial charge >= 0.3 is 6.03 Å². The third kappa shape index (κ3) is 3.09. The molecule has 0 aromatic rings. The molecule has 1 saturated carbocycles. The summed E-state index contributed by atoms with van der Waals surface area (Å²) >= 11 is 0. The maximum Gasteiger partial charge on any atom is 0.314 e. The summed E-state index contributed by atoms with van der Waals surface area (Å²) in [6, 6.07) is 0.849. The Morgan fingerprint density at radius 3 is 2.80 bits per heavy atom. The molecule has 0 spiro atoms. The SMILES string of the molecule is CCNC(=O)NC[C@@H]1CCN(C2CC2)C1. The van der Waals surface area contributed by atoms with Crippen molar-refractivity contribution >= 4 is 6.03 Å². The van der Waals surface area contributed by atoms with Crippen LogP contribution in [0.25, 0.3) is 0 Å². The minimum absolute atomic E-state index is 0.0256. The van der Waals surface area contributed by atoms with E-state index in [1.807, 2.05) is 6.92 Å². The van der Waals surface area contributed by atoms with E-state index in [9.17, 15) is 4.79 Å². The summed E-state index contributed by atoms with van der Waals surface area (Å²) in [5.41, 5.74) is 0. The fourth-order valence-electron chi connectivity index (χ4n) is 2.26. The van der Waals surface area contributed by atoms with Crippen LogP contribution in [-0.2, 0) is 0 Å². The molecular weight excluding hydrogens is 190 g/mol. The lowest BCUT2D eigenvalue weighted by atomic mass is 10.1. The molecule has 1 atom stereocenters. The van der Waals surface area contributed by atoms with Gasteiger partial charge in [-0.1, -0.05) is 0 Å². The number of amides is 2. The molecule has 0 radical (unpaired) electrons. The van der Waals surface area contributed by atoms with Crippen LogP contribution in [0.1, 0.15) is 26.2 Å². The van der Waals surface area contributed by atoms with Crippen LogP contribution in [0, 0.1) is 5.92 Å². The van der Waals surface area contributed by atoms with Gasteiger partial charge in [0, 0.05) is 25.7 Å². The highest BCUT2D eigenvalue weighted by atomic mass is 16.2. The molecule has 4 heteroatoms. The first-order valence-electron chi connectivity index (χ1n) is 6.05. The van der Waals surface area contributed by atoms with Gasteiger partial charge in [0.05, 0.1) is 0 Å². The molecule has 2 N–H and O–H groups in total. The molecule has 1 aliphatic carbocycles. The Morgan fingerprint density at radius 1 is 1.33 bits per heavy atom. The molecule has 86 valence electrons. The van der Waals surface area contributed by atoms with Gasteiger partial charge in [0.25, 0.3) is 0 Å². The standard InChI is InChI=1S/C11H21N3O/c1-2-12-11(15)13-7-9-5-6-14(8-9)10-3-4-10/h9-10H,2-8H2,1H3,(H2,12,13,15)/t9-/m0/s1. The van der Waals surface area contributed by atoms with E-state index in [1.165, 1.54) is 32.4 Å². The second-order valence-electron chi connectivity index (χ2n) is 4.62. The molecule has 15 heavy (non-hydrogen) atoms. The normalized spacial score (nSPS) is 26.6. The summed E-state index contributed by atoms with van der Waals surface area (Å²) < 4.78 is 0. The number of likely N-dealkylation sites (tertiary alicyclic amines) is 1. The van der Waals surface area contributed by atoms with E-state index >= 15 is 0 Å². The second kappa shape index (κ2) is 4.84. The van der Waals surface area contributed by atoms with Gasteiger partial charge in [-0.05, 0) is 38.6 Å². The first kappa shape index (κ1) is 10.7. The fourth-order valence-corrected chi connectivity index (χ4v) is 2.26. The predicted molar refractivity (Wildman–Crippen MR) is 59.8 cm³/mol. The number of nitrogens with one attached hydrogen (secondary N) is 2. The lowest BCUT2D eigenvalue weighted by Gasteiger charge is -2.15. The Kier molecular flexibility index (Phi) is 3.46. The number of hydrogen-bond donors (Lipinski definition) is 2. The maximum absolute atomic E-state index is 11.2. The van der Waals surface area contributed by atoms with Gasteiger partial charge in [-0.3, -0.25) is 0 Å². The van der Waals surface area contributed by atoms with Crippen LogP contribution in [0.3, 0.4) is 0 Å². The number of rotatable bonds is 4. The van der Waals surface area contributed by atoms with E-state index < -0.39 is 0 Å². The van der Waals surface area contributed by atoms with Gasteiger partial charge in [-0.15, -0.1) is 0 Å². The molecule has 1 heterocycles. The van der Waals surface area contributed by atoms with Crippen molar-refractivity contribution in [1.82, 2.24) is 15.5 Å². The first-order chi connectivity index (χ1) is 7.29. The molecule has 2 rings (SSSR count). The minimum Gasteiger partial charge on any atom is -0.338 e. The summed E-state index contributed by atoms with van der Waals surface area (Å²) in [4.78, 5) is 13.8. The van der Waals surface area contributed by atoms with Gasteiger partial charge in [0.1, 0.15) is 0 Å². The van der Waals surface area contributed by atoms with Crippen LogP contribution in [-0.4, -0.2) is 43.2 Å². The van der Waals surface area contributed by atoms with Gasteiger partial charge < -0.3 is 15.5 Å². The van der Waals surface area contributed by atoms with Crippen LogP contribution in [0.2, 0.25) is 0 Å². The van der Waals surface area contributed by atoms with Crippen molar-refractivity contribution in [2.24, 2.45) is 5.92 Å². The van der Waals surface area contributed by atoms with Crippen molar-refractivity contribution in [3.63, 3.8) is 0 Å². The largest absolute Gasteiger partial charge is 0.338 e. The highest BCUT2D eigenvalue weighted by Gasteiger charge is 2.34. The van der Waals surface area contributed by atoms with Crippen molar-refractivity contribution in [3.8, 4) is 0 Å². The number of carbonyl (C=O) groups is 1. The van der Waals surface area contributed by atoms with E-state index in [0.717, 1.165) is 12.6 Å². The third-order valence-corrected chi connectivity index (χ3v) is 3.27. The van der Waals surface area contributed by atoms with Gasteiger partial charge in [-0.2, -0.15) is 0 Å². The lowest BCUT2D eigenvalue weighted by molar-refractivity contribution is 0.239. The van der Waals surface area contributed by atoms with Crippen molar-refractivity contribution in [1.29, 1.82) is 0 Å². The molecule has 0 bridgehead atoms. The van der Waals surface area contributed by atoms with E-state index in [4.69, 9.17) is 0 Å². The number of nitrogens with zero attached hydrogens (tertiary/aromatic N) is 1. The van der Waals surface area contributed by atoms with Crippen LogP contribution < -0.4 is 10.6 Å². The van der Waals surface area contributed by atoms with Crippen molar-refractivity contribution < 1.29 is 4.79 Å². The van der Waals surface area contributed by atoms with Crippen LogP contribution in [0.4, 0.5) is 4.79 Å². The predicted octanol–water partition coefficient (Wildman–Crippen LogP) is 0.790. The molecule has 0 unspecified atom stereocenters. The number of hydrogen-bond acceptors (Lipinski definition) is 2. The quantitative estimate of drug-likeness (QED) is 0.722. The third-order valence-electron chi connectivity index (χ3n) is 3.27. The van der Waals surface area contributed by atoms with Gasteiger partial charge in [0.15, 0.2) is 0 Å². The van der Waals surface area contributed by atoms with Crippen LogP contribution in [0.15, 0.2) is 0 Å². The van der Waals surface area contributed by atoms with Crippen molar-refractivity contribution in [2.45, 2.75) is 32.2 Å². The van der Waals surface area contributed by atoms with Crippen molar-refractivity contribution in [3.05, 3.63) is 0 Å². The summed E-state index contributed by atoms with van der Waals surface area (Å²) in [5.74, 6) is 0.660. The Hall–Kier alpha value is -0.770. The van der Waals surface area contributed by atoms with Gasteiger partial charge in [-0.25, -0.2) is 4.79 Å². The second-order valence-corrected chi connectivity index (χ2v) is 4.62. The molecule has 4 nitrogen and oxygen atoms in total. The Balaban J connectivity index is 1.61. The summed E-state index contributed by atoms with van der Waals surface area (Å²) in [6.45, 7) is 5.87. The summed E-state index contributed by atoms with van der Waals surface area (Å²) in [5, 5.41) is 5.68. The number of urea groups is 1. The summed E-state index contributed by atoms with van der Waals surface area (Å²) in [6.07, 6.45) is 4.01. The molecule has 2 amide bonds. The molecule has 1 aliphatic heterocycles. The molecule has 2 fully saturated rings. The Labute approximate surface area is 91.4 Å². The Bertz CT molecular complexity index is 228. The number of carbonyl (C=O) groups excluding carboxylic acids is 1. The molecule has 0 aromatic heterocycles. The van der Waals surface area contributed by atoms with E-state index in [1.54, 1.807) is 0 Å². The van der Waals surface area contributed by atoms with E-state index in [-0.39, 0.29) is 6.03 Å². The maximum atomic E-state index is 11.2. The monoisotopic (exact) mass is 211 g/mol. The highest BCUT2D eigenvalue weighted by Crippen LogP contribution is 2.31. The molecule has 1 saturated heterocycles. The average Bonchev–Trinajstić information content (AvgIpc) is 2.96. The Morgan fingerprint density at radius 2 is 2.13 bits per heavy atom. The van der Waals surface area contributed by atoms with Gasteiger partial charge in [0.2, 0.25) is 0 Å². The lowest BCUT2D eigenvalue weighted by Crippen LogP contribution is -2.38. The van der Waals surface area contributed by atoms with Crippen LogP contribution in [0.5, 0.6) is 0 Å². The zero-order chi connectivity index (χ0) is 10.7. The van der Waals surface area contributed by atoms with Crippen molar-refractivity contribution in [2.75, 3.05) is 26.2 Å².